The van der Waals surface area contributed by atoms with Gasteiger partial charge in [-0.3, -0.25) is 4.99 Å². The molecule has 0 aromatic heterocycles. The van der Waals surface area contributed by atoms with Crippen molar-refractivity contribution in [2.24, 2.45) is 10.9 Å². The van der Waals surface area contributed by atoms with Crippen molar-refractivity contribution in [2.45, 2.75) is 25.3 Å². The molecule has 5 nitrogen and oxygen atoms in total. The molecule has 0 spiro atoms. The van der Waals surface area contributed by atoms with E-state index in [2.05, 4.69) is 20.5 Å². The molecular weight excluding hydrogens is 415 g/mol. The van der Waals surface area contributed by atoms with Gasteiger partial charge in [-0.1, -0.05) is 18.2 Å². The molecule has 1 unspecified atom stereocenters. The second-order valence-electron chi connectivity index (χ2n) is 6.42. The van der Waals surface area contributed by atoms with E-state index < -0.39 is 0 Å². The number of likely N-dealkylation sites (tertiary alicyclic amines) is 1. The summed E-state index contributed by atoms with van der Waals surface area (Å²) in [4.78, 5) is 6.93. The van der Waals surface area contributed by atoms with Crippen LogP contribution in [-0.4, -0.2) is 56.7 Å². The number of halogens is 1. The first-order valence-electron chi connectivity index (χ1n) is 8.71. The molecule has 1 atom stereocenters. The Morgan fingerprint density at radius 3 is 2.71 bits per heavy atom. The zero-order valence-corrected chi connectivity index (χ0v) is 16.7. The SMILES string of the molecule is CN=C(NCCOc1ccccc1)NCC1CCN(C2CC2)C1.I. The highest BCUT2D eigenvalue weighted by Gasteiger charge is 2.34. The number of guanidine groups is 1. The molecule has 1 saturated heterocycles. The summed E-state index contributed by atoms with van der Waals surface area (Å²) in [6.45, 7) is 4.89. The maximum atomic E-state index is 5.67. The maximum Gasteiger partial charge on any atom is 0.191 e. The summed E-state index contributed by atoms with van der Waals surface area (Å²) in [5.41, 5.74) is 0. The molecule has 1 aromatic rings. The molecule has 2 aliphatic rings. The number of aliphatic imine (C=N–C) groups is 1. The lowest BCUT2D eigenvalue weighted by molar-refractivity contribution is 0.313. The largest absolute Gasteiger partial charge is 0.492 e. The molecule has 134 valence electrons. The Labute approximate surface area is 162 Å². The van der Waals surface area contributed by atoms with Crippen LogP contribution in [0.3, 0.4) is 0 Å². The summed E-state index contributed by atoms with van der Waals surface area (Å²) in [6.07, 6.45) is 4.12. The van der Waals surface area contributed by atoms with Crippen LogP contribution in [0.5, 0.6) is 5.75 Å². The van der Waals surface area contributed by atoms with Crippen LogP contribution >= 0.6 is 24.0 Å². The normalized spacial score (nSPS) is 21.2. The lowest BCUT2D eigenvalue weighted by Gasteiger charge is -2.17. The average molecular weight is 444 g/mol. The quantitative estimate of drug-likeness (QED) is 0.294. The number of nitrogens with zero attached hydrogens (tertiary/aromatic N) is 2. The lowest BCUT2D eigenvalue weighted by atomic mass is 10.1. The van der Waals surface area contributed by atoms with Gasteiger partial charge in [-0.05, 0) is 43.9 Å². The third-order valence-corrected chi connectivity index (χ3v) is 4.57. The van der Waals surface area contributed by atoms with Crippen molar-refractivity contribution in [3.05, 3.63) is 30.3 Å². The summed E-state index contributed by atoms with van der Waals surface area (Å²) in [7, 11) is 1.82. The molecule has 0 amide bonds. The summed E-state index contributed by atoms with van der Waals surface area (Å²) in [5.74, 6) is 2.52. The molecular formula is C18H29IN4O. The van der Waals surface area contributed by atoms with Crippen molar-refractivity contribution in [2.75, 3.05) is 39.8 Å². The van der Waals surface area contributed by atoms with Crippen LogP contribution in [0.25, 0.3) is 0 Å². The zero-order chi connectivity index (χ0) is 15.9. The van der Waals surface area contributed by atoms with Crippen LogP contribution in [0.4, 0.5) is 0 Å². The second-order valence-corrected chi connectivity index (χ2v) is 6.42. The summed E-state index contributed by atoms with van der Waals surface area (Å²) in [5, 5.41) is 6.76. The van der Waals surface area contributed by atoms with E-state index in [0.717, 1.165) is 36.8 Å². The Bertz CT molecular complexity index is 507. The number of hydrogen-bond acceptors (Lipinski definition) is 3. The molecule has 2 fully saturated rings. The lowest BCUT2D eigenvalue weighted by Crippen LogP contribution is -2.41. The Morgan fingerprint density at radius 2 is 2.00 bits per heavy atom. The van der Waals surface area contributed by atoms with Gasteiger partial charge >= 0.3 is 0 Å². The first kappa shape index (κ1) is 19.3. The highest BCUT2D eigenvalue weighted by molar-refractivity contribution is 14.0. The molecule has 1 aliphatic carbocycles. The van der Waals surface area contributed by atoms with Gasteiger partial charge in [-0.2, -0.15) is 0 Å². The second kappa shape index (κ2) is 10.1. The summed E-state index contributed by atoms with van der Waals surface area (Å²) >= 11 is 0. The van der Waals surface area contributed by atoms with Gasteiger partial charge in [-0.25, -0.2) is 0 Å². The van der Waals surface area contributed by atoms with Gasteiger partial charge in [0.2, 0.25) is 0 Å². The third-order valence-electron chi connectivity index (χ3n) is 4.57. The van der Waals surface area contributed by atoms with Crippen LogP contribution in [0.15, 0.2) is 35.3 Å². The van der Waals surface area contributed by atoms with E-state index in [1.54, 1.807) is 0 Å². The highest BCUT2D eigenvalue weighted by Crippen LogP contribution is 2.31. The van der Waals surface area contributed by atoms with E-state index in [1.807, 2.05) is 37.4 Å². The average Bonchev–Trinajstić information content (AvgIpc) is 3.34. The molecule has 24 heavy (non-hydrogen) atoms. The van der Waals surface area contributed by atoms with E-state index in [1.165, 1.54) is 32.4 Å². The van der Waals surface area contributed by atoms with Gasteiger partial charge in [0.25, 0.3) is 0 Å². The van der Waals surface area contributed by atoms with Gasteiger partial charge in [0.05, 0.1) is 6.54 Å². The number of benzene rings is 1. The van der Waals surface area contributed by atoms with E-state index in [4.69, 9.17) is 4.74 Å². The van der Waals surface area contributed by atoms with Crippen molar-refractivity contribution in [3.8, 4) is 5.75 Å². The van der Waals surface area contributed by atoms with Gasteiger partial charge < -0.3 is 20.3 Å². The summed E-state index contributed by atoms with van der Waals surface area (Å²) in [6, 6.07) is 10.8. The Kier molecular flexibility index (Phi) is 8.11. The molecule has 3 rings (SSSR count). The molecule has 1 aliphatic heterocycles. The minimum atomic E-state index is 0. The van der Waals surface area contributed by atoms with Crippen molar-refractivity contribution < 1.29 is 4.74 Å². The van der Waals surface area contributed by atoms with Crippen LogP contribution in [0.1, 0.15) is 19.3 Å². The Morgan fingerprint density at radius 1 is 1.21 bits per heavy atom. The standard InChI is InChI=1S/C18H28N4O.HI/c1-19-18(20-10-12-23-17-5-3-2-4-6-17)21-13-15-9-11-22(14-15)16-7-8-16;/h2-6,15-16H,7-14H2,1H3,(H2,19,20,21);1H. The van der Waals surface area contributed by atoms with E-state index in [9.17, 15) is 0 Å². The molecule has 1 heterocycles. The smallest absolute Gasteiger partial charge is 0.191 e. The highest BCUT2D eigenvalue weighted by atomic mass is 127. The van der Waals surface area contributed by atoms with Crippen LogP contribution in [0, 0.1) is 5.92 Å². The topological polar surface area (TPSA) is 48.9 Å². The number of hydrogen-bond donors (Lipinski definition) is 2. The predicted octanol–water partition coefficient (Wildman–Crippen LogP) is 2.33. The van der Waals surface area contributed by atoms with E-state index >= 15 is 0 Å². The van der Waals surface area contributed by atoms with Crippen LogP contribution in [-0.2, 0) is 0 Å². The fourth-order valence-electron chi connectivity index (χ4n) is 3.12. The minimum Gasteiger partial charge on any atom is -0.492 e. The molecule has 1 saturated carbocycles. The fraction of sp³-hybridized carbons (Fsp3) is 0.611. The number of ether oxygens (including phenoxy) is 1. The van der Waals surface area contributed by atoms with Gasteiger partial charge in [0, 0.05) is 26.2 Å². The first-order valence-corrected chi connectivity index (χ1v) is 8.71. The van der Waals surface area contributed by atoms with Crippen molar-refractivity contribution in [3.63, 3.8) is 0 Å². The van der Waals surface area contributed by atoms with Crippen molar-refractivity contribution in [1.82, 2.24) is 15.5 Å². The van der Waals surface area contributed by atoms with Gasteiger partial charge in [-0.15, -0.1) is 24.0 Å². The fourth-order valence-corrected chi connectivity index (χ4v) is 3.12. The van der Waals surface area contributed by atoms with Gasteiger partial charge in [0.15, 0.2) is 5.96 Å². The van der Waals surface area contributed by atoms with Crippen LogP contribution < -0.4 is 15.4 Å². The molecule has 2 N–H and O–H groups in total. The van der Waals surface area contributed by atoms with E-state index in [-0.39, 0.29) is 24.0 Å². The summed E-state index contributed by atoms with van der Waals surface area (Å²) < 4.78 is 5.67. The Hall–Kier alpha value is -1.02. The van der Waals surface area contributed by atoms with Crippen molar-refractivity contribution >= 4 is 29.9 Å². The Balaban J connectivity index is 0.00000208. The van der Waals surface area contributed by atoms with Gasteiger partial charge in [0.1, 0.15) is 12.4 Å². The zero-order valence-electron chi connectivity index (χ0n) is 14.4. The van der Waals surface area contributed by atoms with Crippen LogP contribution in [0.2, 0.25) is 0 Å². The third kappa shape index (κ3) is 6.12. The molecule has 0 radical (unpaired) electrons. The van der Waals surface area contributed by atoms with E-state index in [0.29, 0.717) is 6.61 Å². The maximum absolute atomic E-state index is 5.67. The number of para-hydroxylation sites is 1. The molecule has 0 bridgehead atoms. The molecule has 6 heteroatoms. The van der Waals surface area contributed by atoms with Crippen molar-refractivity contribution in [1.29, 1.82) is 0 Å². The monoisotopic (exact) mass is 444 g/mol. The minimum absolute atomic E-state index is 0. The first-order chi connectivity index (χ1) is 11.3. The number of rotatable bonds is 7. The predicted molar refractivity (Wildman–Crippen MR) is 109 cm³/mol. The number of nitrogens with one attached hydrogen (secondary N) is 2. The molecule has 1 aromatic carbocycles.